The van der Waals surface area contributed by atoms with Crippen LogP contribution < -0.4 is 10.1 Å². The number of nitrogens with zero attached hydrogens (tertiary/aromatic N) is 4. The normalized spacial score (nSPS) is 22.7. The molecule has 2 amide bonds. The fourth-order valence-electron chi connectivity index (χ4n) is 5.56. The van der Waals surface area contributed by atoms with Crippen LogP contribution in [0.5, 0.6) is 11.5 Å². The maximum Gasteiger partial charge on any atom is 0.251 e. The zero-order valence-corrected chi connectivity index (χ0v) is 22.8. The molecule has 3 heterocycles. The molecule has 3 fully saturated rings. The average molecular weight is 532 g/mol. The lowest BCUT2D eigenvalue weighted by atomic mass is 10.1. The molecule has 198 valence electrons. The van der Waals surface area contributed by atoms with Crippen molar-refractivity contribution in [3.05, 3.63) is 58.6 Å². The summed E-state index contributed by atoms with van der Waals surface area (Å²) in [6.07, 6.45) is 1.46. The molecular weight excluding hydrogens is 498 g/mol. The van der Waals surface area contributed by atoms with Crippen LogP contribution in [0.3, 0.4) is 0 Å². The number of nitrogens with one attached hydrogen (secondary N) is 1. The fraction of sp³-hybridized carbons (Fsp3) is 0.448. The van der Waals surface area contributed by atoms with Crippen LogP contribution in [0.25, 0.3) is 10.6 Å². The molecule has 1 N–H and O–H groups in total. The van der Waals surface area contributed by atoms with Gasteiger partial charge in [0.25, 0.3) is 5.91 Å². The Labute approximate surface area is 227 Å². The zero-order chi connectivity index (χ0) is 26.4. The SMILES string of the molecule is CC(C)c1nnc(-c2ccc(Oc3cc(C(=O)NC4C5CN(C)CC54)ccc3CN3CCCC3=O)cc2)s1. The van der Waals surface area contributed by atoms with Crippen LogP contribution in [0, 0.1) is 11.8 Å². The molecule has 1 aliphatic carbocycles. The van der Waals surface area contributed by atoms with E-state index in [4.69, 9.17) is 4.74 Å². The summed E-state index contributed by atoms with van der Waals surface area (Å²) >= 11 is 1.60. The summed E-state index contributed by atoms with van der Waals surface area (Å²) < 4.78 is 6.33. The highest BCUT2D eigenvalue weighted by Gasteiger charge is 2.55. The Morgan fingerprint density at radius 1 is 1.13 bits per heavy atom. The van der Waals surface area contributed by atoms with Crippen molar-refractivity contribution >= 4 is 23.2 Å². The molecule has 2 saturated heterocycles. The summed E-state index contributed by atoms with van der Waals surface area (Å²) in [7, 11) is 2.13. The number of piperidine rings is 1. The van der Waals surface area contributed by atoms with E-state index in [1.165, 1.54) is 0 Å². The highest BCUT2D eigenvalue weighted by molar-refractivity contribution is 7.14. The van der Waals surface area contributed by atoms with Gasteiger partial charge in [0.15, 0.2) is 0 Å². The van der Waals surface area contributed by atoms with Gasteiger partial charge in [-0.2, -0.15) is 0 Å². The molecule has 6 rings (SSSR count). The smallest absolute Gasteiger partial charge is 0.251 e. The predicted octanol–water partition coefficient (Wildman–Crippen LogP) is 4.53. The first kappa shape index (κ1) is 25.0. The molecular formula is C29H33N5O3S. The first-order valence-corrected chi connectivity index (χ1v) is 14.2. The molecule has 0 spiro atoms. The lowest BCUT2D eigenvalue weighted by Gasteiger charge is -2.19. The van der Waals surface area contributed by atoms with Crippen LogP contribution in [-0.2, 0) is 11.3 Å². The molecule has 0 radical (unpaired) electrons. The Balaban J connectivity index is 1.21. The lowest BCUT2D eigenvalue weighted by molar-refractivity contribution is -0.128. The Hall–Kier alpha value is -3.30. The predicted molar refractivity (Wildman–Crippen MR) is 146 cm³/mol. The molecule has 0 bridgehead atoms. The molecule has 3 aliphatic rings. The minimum atomic E-state index is -0.0757. The molecule has 38 heavy (non-hydrogen) atoms. The Morgan fingerprint density at radius 2 is 1.89 bits per heavy atom. The second kappa shape index (κ2) is 10.1. The van der Waals surface area contributed by atoms with Gasteiger partial charge in [0.1, 0.15) is 21.5 Å². The van der Waals surface area contributed by atoms with Gasteiger partial charge in [-0.15, -0.1) is 10.2 Å². The number of ether oxygens (including phenoxy) is 1. The van der Waals surface area contributed by atoms with Crippen molar-refractivity contribution in [3.63, 3.8) is 0 Å². The number of fused-ring (bicyclic) bond motifs is 1. The maximum absolute atomic E-state index is 13.1. The average Bonchev–Trinajstić information content (AvgIpc) is 3.37. The number of rotatable bonds is 8. The standard InChI is InChI=1S/C29H33N5O3S/c1-17(2)28-31-32-29(38-28)18-8-10-21(11-9-18)37-24-13-19(6-7-20(24)14-34-12-4-5-25(34)35)27(36)30-26-22-15-33(3)16-23(22)26/h6-11,13,17,22-23,26H,4-5,12,14-16H2,1-3H3,(H,30,36). The molecule has 8 nitrogen and oxygen atoms in total. The van der Waals surface area contributed by atoms with Crippen molar-refractivity contribution < 1.29 is 14.3 Å². The molecule has 1 aromatic heterocycles. The van der Waals surface area contributed by atoms with E-state index in [-0.39, 0.29) is 17.9 Å². The Morgan fingerprint density at radius 3 is 2.55 bits per heavy atom. The van der Waals surface area contributed by atoms with Gasteiger partial charge < -0.3 is 19.9 Å². The summed E-state index contributed by atoms with van der Waals surface area (Å²) in [6.45, 7) is 7.51. The third-order valence-electron chi connectivity index (χ3n) is 7.80. The van der Waals surface area contributed by atoms with Gasteiger partial charge in [-0.1, -0.05) is 31.3 Å². The number of likely N-dealkylation sites (tertiary alicyclic amines) is 2. The van der Waals surface area contributed by atoms with E-state index in [1.54, 1.807) is 11.3 Å². The van der Waals surface area contributed by atoms with Crippen molar-refractivity contribution in [1.82, 2.24) is 25.3 Å². The quantitative estimate of drug-likeness (QED) is 0.460. The first-order chi connectivity index (χ1) is 18.4. The minimum absolute atomic E-state index is 0.0757. The van der Waals surface area contributed by atoms with E-state index in [0.29, 0.717) is 47.8 Å². The van der Waals surface area contributed by atoms with E-state index in [2.05, 4.69) is 41.3 Å². The zero-order valence-electron chi connectivity index (χ0n) is 22.0. The molecule has 1 saturated carbocycles. The summed E-state index contributed by atoms with van der Waals surface area (Å²) in [5.41, 5.74) is 2.44. The van der Waals surface area contributed by atoms with Crippen molar-refractivity contribution in [2.75, 3.05) is 26.7 Å². The second-order valence-corrected chi connectivity index (χ2v) is 12.0. The number of hydrogen-bond acceptors (Lipinski definition) is 7. The van der Waals surface area contributed by atoms with Crippen LogP contribution in [0.4, 0.5) is 0 Å². The van der Waals surface area contributed by atoms with E-state index in [9.17, 15) is 9.59 Å². The van der Waals surface area contributed by atoms with Crippen molar-refractivity contribution in [2.45, 2.75) is 45.2 Å². The summed E-state index contributed by atoms with van der Waals surface area (Å²) in [5.74, 6) is 2.80. The molecule has 9 heteroatoms. The van der Waals surface area contributed by atoms with Crippen molar-refractivity contribution in [3.8, 4) is 22.1 Å². The first-order valence-electron chi connectivity index (χ1n) is 13.4. The highest BCUT2D eigenvalue weighted by atomic mass is 32.1. The summed E-state index contributed by atoms with van der Waals surface area (Å²) in [6, 6.07) is 13.6. The number of benzene rings is 2. The van der Waals surface area contributed by atoms with E-state index in [1.807, 2.05) is 47.4 Å². The largest absolute Gasteiger partial charge is 0.457 e. The van der Waals surface area contributed by atoms with Gasteiger partial charge in [0.2, 0.25) is 5.91 Å². The van der Waals surface area contributed by atoms with Gasteiger partial charge in [0, 0.05) is 61.2 Å². The number of carbonyl (C=O) groups excluding carboxylic acids is 2. The van der Waals surface area contributed by atoms with E-state index < -0.39 is 0 Å². The summed E-state index contributed by atoms with van der Waals surface area (Å²) in [4.78, 5) is 29.6. The summed E-state index contributed by atoms with van der Waals surface area (Å²) in [5, 5.41) is 13.7. The van der Waals surface area contributed by atoms with E-state index >= 15 is 0 Å². The van der Waals surface area contributed by atoms with Gasteiger partial charge >= 0.3 is 0 Å². The number of carbonyl (C=O) groups is 2. The minimum Gasteiger partial charge on any atom is -0.457 e. The number of amides is 2. The molecule has 2 unspecified atom stereocenters. The van der Waals surface area contributed by atoms with Crippen LogP contribution in [0.1, 0.15) is 53.5 Å². The van der Waals surface area contributed by atoms with Gasteiger partial charge in [-0.3, -0.25) is 9.59 Å². The van der Waals surface area contributed by atoms with Crippen molar-refractivity contribution in [2.24, 2.45) is 11.8 Å². The Bertz CT molecular complexity index is 1340. The van der Waals surface area contributed by atoms with Crippen LogP contribution in [0.15, 0.2) is 42.5 Å². The molecule has 2 aromatic carbocycles. The number of aromatic nitrogens is 2. The van der Waals surface area contributed by atoms with Crippen LogP contribution in [-0.4, -0.2) is 64.5 Å². The molecule has 2 aliphatic heterocycles. The monoisotopic (exact) mass is 531 g/mol. The molecule has 2 atom stereocenters. The highest BCUT2D eigenvalue weighted by Crippen LogP contribution is 2.45. The number of hydrogen-bond donors (Lipinski definition) is 1. The van der Waals surface area contributed by atoms with E-state index in [0.717, 1.165) is 47.2 Å². The Kier molecular flexibility index (Phi) is 6.65. The van der Waals surface area contributed by atoms with Gasteiger partial charge in [-0.25, -0.2) is 0 Å². The maximum atomic E-state index is 13.1. The molecule has 3 aromatic rings. The topological polar surface area (TPSA) is 87.7 Å². The third-order valence-corrected chi connectivity index (χ3v) is 9.07. The van der Waals surface area contributed by atoms with Crippen LogP contribution >= 0.6 is 11.3 Å². The fourth-order valence-corrected chi connectivity index (χ4v) is 6.41. The lowest BCUT2D eigenvalue weighted by Crippen LogP contribution is -2.33. The van der Waals surface area contributed by atoms with Gasteiger partial charge in [-0.05, 0) is 61.7 Å². The second-order valence-electron chi connectivity index (χ2n) is 11.0. The van der Waals surface area contributed by atoms with Crippen LogP contribution in [0.2, 0.25) is 0 Å². The van der Waals surface area contributed by atoms with Gasteiger partial charge in [0.05, 0.1) is 0 Å². The van der Waals surface area contributed by atoms with Crippen molar-refractivity contribution in [1.29, 1.82) is 0 Å². The third kappa shape index (κ3) is 5.05.